The number of hydrogen-bond donors (Lipinski definition) is 1. The Morgan fingerprint density at radius 1 is 0.929 bits per heavy atom. The van der Waals surface area contributed by atoms with E-state index in [1.54, 1.807) is 12.1 Å². The topological polar surface area (TPSA) is 62.0 Å². The highest BCUT2D eigenvalue weighted by Crippen LogP contribution is 2.36. The van der Waals surface area contributed by atoms with Gasteiger partial charge in [-0.1, -0.05) is 50.2 Å². The first-order valence-corrected chi connectivity index (χ1v) is 9.50. The lowest BCUT2D eigenvalue weighted by atomic mass is 9.95. The van der Waals surface area contributed by atoms with Crippen LogP contribution >= 0.6 is 0 Å². The zero-order valence-corrected chi connectivity index (χ0v) is 16.4. The van der Waals surface area contributed by atoms with Gasteiger partial charge in [-0.25, -0.2) is 4.79 Å². The third-order valence-corrected chi connectivity index (χ3v) is 4.95. The lowest BCUT2D eigenvalue weighted by Gasteiger charge is -2.12. The number of rotatable bonds is 6. The lowest BCUT2D eigenvalue weighted by molar-refractivity contribution is 0.0697. The first-order chi connectivity index (χ1) is 13.5. The second kappa shape index (κ2) is 8.61. The SMILES string of the molecule is CCc1cccc(N=Nc2c(-c3ccc(C(=O)O)cc3)ccc(CC)c2C)c1. The maximum Gasteiger partial charge on any atom is 0.335 e. The van der Waals surface area contributed by atoms with Crippen molar-refractivity contribution in [3.05, 3.63) is 82.9 Å². The number of aromatic carboxylic acids is 1. The van der Waals surface area contributed by atoms with Crippen LogP contribution in [0.4, 0.5) is 11.4 Å². The molecule has 1 N–H and O–H groups in total. The van der Waals surface area contributed by atoms with Crippen molar-refractivity contribution >= 4 is 17.3 Å². The van der Waals surface area contributed by atoms with E-state index in [2.05, 4.69) is 43.1 Å². The van der Waals surface area contributed by atoms with Gasteiger partial charge in [-0.05, 0) is 66.3 Å². The minimum atomic E-state index is -0.931. The van der Waals surface area contributed by atoms with E-state index in [0.29, 0.717) is 0 Å². The Balaban J connectivity index is 2.07. The summed E-state index contributed by atoms with van der Waals surface area (Å²) in [5.41, 5.74) is 7.33. The number of carboxylic acid groups (broad SMARTS) is 1. The molecule has 0 saturated carbocycles. The lowest BCUT2D eigenvalue weighted by Crippen LogP contribution is -1.95. The van der Waals surface area contributed by atoms with Crippen molar-refractivity contribution in [3.63, 3.8) is 0 Å². The molecule has 0 aliphatic rings. The first-order valence-electron chi connectivity index (χ1n) is 9.50. The maximum atomic E-state index is 11.1. The van der Waals surface area contributed by atoms with Crippen molar-refractivity contribution in [1.29, 1.82) is 0 Å². The number of azo groups is 1. The molecule has 3 aromatic carbocycles. The van der Waals surface area contributed by atoms with Crippen molar-refractivity contribution in [2.45, 2.75) is 33.6 Å². The number of carbonyl (C=O) groups is 1. The Hall–Kier alpha value is -3.27. The molecule has 0 aliphatic heterocycles. The van der Waals surface area contributed by atoms with Gasteiger partial charge in [0, 0.05) is 5.56 Å². The Morgan fingerprint density at radius 3 is 2.32 bits per heavy atom. The van der Waals surface area contributed by atoms with Crippen molar-refractivity contribution in [1.82, 2.24) is 0 Å². The van der Waals surface area contributed by atoms with Gasteiger partial charge in [-0.15, -0.1) is 5.11 Å². The zero-order chi connectivity index (χ0) is 20.1. The normalized spacial score (nSPS) is 11.1. The van der Waals surface area contributed by atoms with Crippen molar-refractivity contribution in [2.24, 2.45) is 10.2 Å². The van der Waals surface area contributed by atoms with Crippen LogP contribution in [0.5, 0.6) is 0 Å². The monoisotopic (exact) mass is 372 g/mol. The number of aryl methyl sites for hydroxylation is 2. The van der Waals surface area contributed by atoms with Gasteiger partial charge >= 0.3 is 5.97 Å². The van der Waals surface area contributed by atoms with Gasteiger partial charge in [0.1, 0.15) is 0 Å². The molecule has 4 nitrogen and oxygen atoms in total. The summed E-state index contributed by atoms with van der Waals surface area (Å²) in [4.78, 5) is 11.1. The average molecular weight is 372 g/mol. The molecule has 28 heavy (non-hydrogen) atoms. The van der Waals surface area contributed by atoms with Gasteiger partial charge < -0.3 is 5.11 Å². The molecule has 3 aromatic rings. The molecule has 0 aliphatic carbocycles. The molecule has 0 amide bonds. The summed E-state index contributed by atoms with van der Waals surface area (Å²) in [6.45, 7) is 6.30. The molecular weight excluding hydrogens is 348 g/mol. The summed E-state index contributed by atoms with van der Waals surface area (Å²) >= 11 is 0. The molecule has 0 unspecified atom stereocenters. The van der Waals surface area contributed by atoms with Crippen LogP contribution in [0.25, 0.3) is 11.1 Å². The second-order valence-corrected chi connectivity index (χ2v) is 6.71. The highest BCUT2D eigenvalue weighted by Gasteiger charge is 2.12. The summed E-state index contributed by atoms with van der Waals surface area (Å²) < 4.78 is 0. The van der Waals surface area contributed by atoms with E-state index in [-0.39, 0.29) is 5.56 Å². The molecular formula is C24H24N2O2. The molecule has 0 aromatic heterocycles. The van der Waals surface area contributed by atoms with E-state index in [1.807, 2.05) is 36.4 Å². The Bertz CT molecular complexity index is 1020. The minimum absolute atomic E-state index is 0.269. The standard InChI is InChI=1S/C24H24N2O2/c1-4-17-7-6-8-21(15-17)25-26-23-16(3)18(5-2)13-14-22(23)19-9-11-20(12-10-19)24(27)28/h6-15H,4-5H2,1-3H3,(H,27,28). The third-order valence-electron chi connectivity index (χ3n) is 4.95. The van der Waals surface area contributed by atoms with E-state index in [0.717, 1.165) is 40.9 Å². The quantitative estimate of drug-likeness (QED) is 0.478. The zero-order valence-electron chi connectivity index (χ0n) is 16.4. The van der Waals surface area contributed by atoms with Gasteiger partial charge in [0.15, 0.2) is 0 Å². The van der Waals surface area contributed by atoms with Crippen molar-refractivity contribution in [2.75, 3.05) is 0 Å². The molecule has 0 bridgehead atoms. The van der Waals surface area contributed by atoms with E-state index in [4.69, 9.17) is 5.11 Å². The highest BCUT2D eigenvalue weighted by molar-refractivity contribution is 5.89. The van der Waals surface area contributed by atoms with Crippen molar-refractivity contribution < 1.29 is 9.90 Å². The molecule has 3 rings (SSSR count). The van der Waals surface area contributed by atoms with Gasteiger partial charge in [-0.3, -0.25) is 0 Å². The first kappa shape index (κ1) is 19.5. The largest absolute Gasteiger partial charge is 0.478 e. The predicted molar refractivity (Wildman–Crippen MR) is 113 cm³/mol. The molecule has 0 heterocycles. The summed E-state index contributed by atoms with van der Waals surface area (Å²) in [5.74, 6) is -0.931. The van der Waals surface area contributed by atoms with Crippen LogP contribution in [0.15, 0.2) is 70.9 Å². The van der Waals surface area contributed by atoms with Crippen molar-refractivity contribution in [3.8, 4) is 11.1 Å². The Morgan fingerprint density at radius 2 is 1.68 bits per heavy atom. The van der Waals surface area contributed by atoms with Crippen LogP contribution in [-0.2, 0) is 12.8 Å². The fraction of sp³-hybridized carbons (Fsp3) is 0.208. The predicted octanol–water partition coefficient (Wildman–Crippen LogP) is 6.90. The van der Waals surface area contributed by atoms with Gasteiger partial charge in [-0.2, -0.15) is 5.11 Å². The highest BCUT2D eigenvalue weighted by atomic mass is 16.4. The van der Waals surface area contributed by atoms with Gasteiger partial charge in [0.05, 0.1) is 16.9 Å². The molecule has 0 atom stereocenters. The van der Waals surface area contributed by atoms with Crippen LogP contribution in [0.3, 0.4) is 0 Å². The van der Waals surface area contributed by atoms with Crippen LogP contribution in [-0.4, -0.2) is 11.1 Å². The molecule has 0 saturated heterocycles. The fourth-order valence-corrected chi connectivity index (χ4v) is 3.23. The van der Waals surface area contributed by atoms with Crippen LogP contribution in [0.1, 0.15) is 40.9 Å². The fourth-order valence-electron chi connectivity index (χ4n) is 3.23. The molecule has 0 fully saturated rings. The van der Waals surface area contributed by atoms with E-state index in [1.165, 1.54) is 11.1 Å². The number of benzene rings is 3. The molecule has 142 valence electrons. The van der Waals surface area contributed by atoms with E-state index < -0.39 is 5.97 Å². The second-order valence-electron chi connectivity index (χ2n) is 6.71. The van der Waals surface area contributed by atoms with Gasteiger partial charge in [0.2, 0.25) is 0 Å². The summed E-state index contributed by atoms with van der Waals surface area (Å²) in [7, 11) is 0. The number of hydrogen-bond acceptors (Lipinski definition) is 3. The average Bonchev–Trinajstić information content (AvgIpc) is 2.73. The maximum absolute atomic E-state index is 11.1. The van der Waals surface area contributed by atoms with Crippen LogP contribution in [0.2, 0.25) is 0 Å². The van der Waals surface area contributed by atoms with Crippen LogP contribution in [0, 0.1) is 6.92 Å². The summed E-state index contributed by atoms with van der Waals surface area (Å²) in [5, 5.41) is 18.2. The summed E-state index contributed by atoms with van der Waals surface area (Å²) in [6.07, 6.45) is 1.87. The van der Waals surface area contributed by atoms with E-state index in [9.17, 15) is 4.79 Å². The Kier molecular flexibility index (Phi) is 5.99. The molecule has 4 heteroatoms. The Labute approximate surface area is 165 Å². The smallest absolute Gasteiger partial charge is 0.335 e. The number of nitrogens with zero attached hydrogens (tertiary/aromatic N) is 2. The number of carboxylic acids is 1. The third kappa shape index (κ3) is 4.17. The molecule has 0 spiro atoms. The van der Waals surface area contributed by atoms with E-state index >= 15 is 0 Å². The summed E-state index contributed by atoms with van der Waals surface area (Å²) in [6, 6.07) is 19.1. The minimum Gasteiger partial charge on any atom is -0.478 e. The van der Waals surface area contributed by atoms with Crippen LogP contribution < -0.4 is 0 Å². The molecule has 0 radical (unpaired) electrons. The van der Waals surface area contributed by atoms with Gasteiger partial charge in [0.25, 0.3) is 0 Å².